The van der Waals surface area contributed by atoms with Gasteiger partial charge >= 0.3 is 0 Å². The molecule has 4 heteroatoms. The Labute approximate surface area is 130 Å². The van der Waals surface area contributed by atoms with Gasteiger partial charge in [0.25, 0.3) is 0 Å². The lowest BCUT2D eigenvalue weighted by atomic mass is 10.2. The molecule has 0 saturated carbocycles. The van der Waals surface area contributed by atoms with Crippen LogP contribution in [0.3, 0.4) is 0 Å². The molecule has 0 aliphatic rings. The molecule has 0 radical (unpaired) electrons. The largest absolute Gasteiger partial charge is 0.490 e. The highest BCUT2D eigenvalue weighted by Crippen LogP contribution is 2.14. The second-order valence-corrected chi connectivity index (χ2v) is 5.03. The lowest BCUT2D eigenvalue weighted by Crippen LogP contribution is -2.11. The highest BCUT2D eigenvalue weighted by atomic mass is 32.1. The first-order valence-corrected chi connectivity index (χ1v) is 7.34. The van der Waals surface area contributed by atoms with E-state index in [0.717, 1.165) is 23.5 Å². The highest BCUT2D eigenvalue weighted by molar-refractivity contribution is 7.80. The van der Waals surface area contributed by atoms with Crippen molar-refractivity contribution in [2.24, 2.45) is 5.73 Å². The van der Waals surface area contributed by atoms with Crippen LogP contribution >= 0.6 is 12.2 Å². The van der Waals surface area contributed by atoms with Crippen LogP contribution < -0.4 is 15.2 Å². The van der Waals surface area contributed by atoms with Crippen molar-refractivity contribution in [3.8, 4) is 11.5 Å². The zero-order valence-corrected chi connectivity index (χ0v) is 12.9. The summed E-state index contributed by atoms with van der Waals surface area (Å²) in [7, 11) is 0. The van der Waals surface area contributed by atoms with E-state index < -0.39 is 0 Å². The summed E-state index contributed by atoms with van der Waals surface area (Å²) in [6, 6.07) is 15.5. The van der Waals surface area contributed by atoms with Gasteiger partial charge in [0.1, 0.15) is 29.7 Å². The van der Waals surface area contributed by atoms with Crippen LogP contribution in [0.1, 0.15) is 18.1 Å². The van der Waals surface area contributed by atoms with Gasteiger partial charge in [0, 0.05) is 5.56 Å². The second-order valence-electron chi connectivity index (χ2n) is 4.59. The van der Waals surface area contributed by atoms with Crippen molar-refractivity contribution in [2.45, 2.75) is 13.3 Å². The van der Waals surface area contributed by atoms with Crippen molar-refractivity contribution < 1.29 is 9.47 Å². The van der Waals surface area contributed by atoms with Crippen LogP contribution in [0.5, 0.6) is 11.5 Å². The third kappa shape index (κ3) is 4.76. The van der Waals surface area contributed by atoms with E-state index in [1.54, 1.807) is 0 Å². The number of aryl methyl sites for hydroxylation is 1. The summed E-state index contributed by atoms with van der Waals surface area (Å²) >= 11 is 4.94. The average Bonchev–Trinajstić information content (AvgIpc) is 2.52. The number of hydrogen-bond donors (Lipinski definition) is 1. The van der Waals surface area contributed by atoms with Crippen LogP contribution in [0.4, 0.5) is 0 Å². The third-order valence-corrected chi connectivity index (χ3v) is 3.31. The molecule has 2 aromatic rings. The second kappa shape index (κ2) is 7.64. The fourth-order valence-corrected chi connectivity index (χ4v) is 2.01. The van der Waals surface area contributed by atoms with Gasteiger partial charge in [-0.05, 0) is 36.2 Å². The topological polar surface area (TPSA) is 44.5 Å². The van der Waals surface area contributed by atoms with Gasteiger partial charge in [-0.25, -0.2) is 0 Å². The standard InChI is InChI=1S/C17H19NO2S/c1-2-13-6-8-15(9-7-13)19-10-11-20-16-5-3-4-14(12-16)17(18)21/h3-9,12H,2,10-11H2,1H3,(H2,18,21). The van der Waals surface area contributed by atoms with Gasteiger partial charge in [0.05, 0.1) is 0 Å². The van der Waals surface area contributed by atoms with Crippen molar-refractivity contribution in [2.75, 3.05) is 13.2 Å². The van der Waals surface area contributed by atoms with Gasteiger partial charge < -0.3 is 15.2 Å². The minimum atomic E-state index is 0.368. The predicted octanol–water partition coefficient (Wildman–Crippen LogP) is 3.34. The molecule has 0 unspecified atom stereocenters. The Bertz CT molecular complexity index is 596. The van der Waals surface area contributed by atoms with E-state index in [1.807, 2.05) is 36.4 Å². The van der Waals surface area contributed by atoms with Crippen LogP contribution in [0, 0.1) is 0 Å². The summed E-state index contributed by atoms with van der Waals surface area (Å²) in [5.41, 5.74) is 7.69. The Morgan fingerprint density at radius 2 is 1.67 bits per heavy atom. The molecule has 0 saturated heterocycles. The molecule has 2 aromatic carbocycles. The minimum Gasteiger partial charge on any atom is -0.490 e. The number of nitrogens with two attached hydrogens (primary N) is 1. The van der Waals surface area contributed by atoms with Crippen LogP contribution in [0.2, 0.25) is 0 Å². The molecule has 0 amide bonds. The van der Waals surface area contributed by atoms with E-state index in [1.165, 1.54) is 5.56 Å². The summed E-state index contributed by atoms with van der Waals surface area (Å²) in [5, 5.41) is 0. The summed E-state index contributed by atoms with van der Waals surface area (Å²) < 4.78 is 11.3. The van der Waals surface area contributed by atoms with Crippen molar-refractivity contribution in [3.63, 3.8) is 0 Å². The first-order valence-electron chi connectivity index (χ1n) is 6.93. The molecule has 0 bridgehead atoms. The molecular weight excluding hydrogens is 282 g/mol. The van der Waals surface area contributed by atoms with Gasteiger partial charge in [-0.1, -0.05) is 43.4 Å². The van der Waals surface area contributed by atoms with Crippen molar-refractivity contribution in [3.05, 3.63) is 59.7 Å². The van der Waals surface area contributed by atoms with Gasteiger partial charge in [-0.3, -0.25) is 0 Å². The molecule has 3 nitrogen and oxygen atoms in total. The first-order chi connectivity index (χ1) is 10.2. The molecule has 0 fully saturated rings. The molecular formula is C17H19NO2S. The quantitative estimate of drug-likeness (QED) is 0.629. The maximum atomic E-state index is 5.63. The highest BCUT2D eigenvalue weighted by Gasteiger charge is 2.00. The van der Waals surface area contributed by atoms with Gasteiger partial charge in [-0.15, -0.1) is 0 Å². The summed E-state index contributed by atoms with van der Waals surface area (Å²) in [6.45, 7) is 3.09. The van der Waals surface area contributed by atoms with E-state index in [-0.39, 0.29) is 0 Å². The SMILES string of the molecule is CCc1ccc(OCCOc2cccc(C(N)=S)c2)cc1. The van der Waals surface area contributed by atoms with E-state index in [4.69, 9.17) is 27.4 Å². The number of thiocarbonyl (C=S) groups is 1. The molecule has 2 N–H and O–H groups in total. The maximum absolute atomic E-state index is 5.63. The normalized spacial score (nSPS) is 10.1. The Kier molecular flexibility index (Phi) is 5.58. The summed E-state index contributed by atoms with van der Waals surface area (Å²) in [6.07, 6.45) is 1.03. The van der Waals surface area contributed by atoms with Gasteiger partial charge in [-0.2, -0.15) is 0 Å². The fourth-order valence-electron chi connectivity index (χ4n) is 1.88. The average molecular weight is 301 g/mol. The molecule has 0 aliphatic heterocycles. The van der Waals surface area contributed by atoms with E-state index in [2.05, 4.69) is 19.1 Å². The van der Waals surface area contributed by atoms with Crippen LogP contribution in [-0.4, -0.2) is 18.2 Å². The zero-order valence-electron chi connectivity index (χ0n) is 12.0. The Balaban J connectivity index is 1.78. The van der Waals surface area contributed by atoms with Crippen LogP contribution in [-0.2, 0) is 6.42 Å². The Morgan fingerprint density at radius 3 is 2.29 bits per heavy atom. The lowest BCUT2D eigenvalue weighted by Gasteiger charge is -2.09. The molecule has 0 heterocycles. The number of rotatable bonds is 7. The van der Waals surface area contributed by atoms with Gasteiger partial charge in [0.15, 0.2) is 0 Å². The lowest BCUT2D eigenvalue weighted by molar-refractivity contribution is 0.217. The molecule has 0 aromatic heterocycles. The predicted molar refractivity (Wildman–Crippen MR) is 89.1 cm³/mol. The van der Waals surface area contributed by atoms with Crippen LogP contribution in [0.15, 0.2) is 48.5 Å². The molecule has 0 spiro atoms. The maximum Gasteiger partial charge on any atom is 0.122 e. The monoisotopic (exact) mass is 301 g/mol. The smallest absolute Gasteiger partial charge is 0.122 e. The number of hydrogen-bond acceptors (Lipinski definition) is 3. The summed E-state index contributed by atoms with van der Waals surface area (Å²) in [4.78, 5) is 0.368. The van der Waals surface area contributed by atoms with E-state index >= 15 is 0 Å². The van der Waals surface area contributed by atoms with Gasteiger partial charge in [0.2, 0.25) is 0 Å². The van der Waals surface area contributed by atoms with Crippen molar-refractivity contribution >= 4 is 17.2 Å². The Morgan fingerprint density at radius 1 is 1.00 bits per heavy atom. The van der Waals surface area contributed by atoms with Crippen molar-refractivity contribution in [1.29, 1.82) is 0 Å². The van der Waals surface area contributed by atoms with E-state index in [9.17, 15) is 0 Å². The fraction of sp³-hybridized carbons (Fsp3) is 0.235. The summed E-state index contributed by atoms with van der Waals surface area (Å²) in [5.74, 6) is 1.60. The molecule has 21 heavy (non-hydrogen) atoms. The first kappa shape index (κ1) is 15.3. The van der Waals surface area contributed by atoms with Crippen LogP contribution in [0.25, 0.3) is 0 Å². The number of benzene rings is 2. The minimum absolute atomic E-state index is 0.368. The number of ether oxygens (including phenoxy) is 2. The van der Waals surface area contributed by atoms with E-state index in [0.29, 0.717) is 18.2 Å². The third-order valence-electron chi connectivity index (χ3n) is 3.07. The Hall–Kier alpha value is -2.07. The molecule has 0 aliphatic carbocycles. The van der Waals surface area contributed by atoms with Crippen molar-refractivity contribution in [1.82, 2.24) is 0 Å². The molecule has 110 valence electrons. The molecule has 0 atom stereocenters. The zero-order chi connectivity index (χ0) is 15.1. The molecule has 2 rings (SSSR count).